The minimum atomic E-state index is -0.663. The van der Waals surface area contributed by atoms with Gasteiger partial charge in [0, 0.05) is 17.7 Å². The van der Waals surface area contributed by atoms with E-state index in [1.165, 1.54) is 0 Å². The maximum absolute atomic E-state index is 12.6. The monoisotopic (exact) mass is 400 g/mol. The fraction of sp³-hybridized carbons (Fsp3) is 0.217. The largest absolute Gasteiger partial charge is 0.390 e. The Morgan fingerprint density at radius 1 is 1.20 bits per heavy atom. The zero-order valence-electron chi connectivity index (χ0n) is 16.6. The number of aliphatic hydroxyl groups is 1. The van der Waals surface area contributed by atoms with Gasteiger partial charge in [-0.2, -0.15) is 10.8 Å². The van der Waals surface area contributed by atoms with Gasteiger partial charge in [-0.25, -0.2) is 0 Å². The maximum Gasteiger partial charge on any atom is 0.266 e. The molecule has 1 fully saturated rings. The second-order valence-corrected chi connectivity index (χ2v) is 8.29. The summed E-state index contributed by atoms with van der Waals surface area (Å²) in [6.07, 6.45) is 8.09. The van der Waals surface area contributed by atoms with Crippen molar-refractivity contribution in [2.75, 3.05) is 0 Å². The number of hydrogen-bond acceptors (Lipinski definition) is 6. The van der Waals surface area contributed by atoms with Gasteiger partial charge in [-0.1, -0.05) is 30.3 Å². The summed E-state index contributed by atoms with van der Waals surface area (Å²) < 4.78 is -0.0921. The van der Waals surface area contributed by atoms with Crippen LogP contribution in [0.3, 0.4) is 0 Å². The van der Waals surface area contributed by atoms with Crippen LogP contribution in [0.2, 0.25) is 0 Å². The third kappa shape index (κ3) is 2.95. The van der Waals surface area contributed by atoms with Gasteiger partial charge in [-0.05, 0) is 31.9 Å². The highest BCUT2D eigenvalue weighted by Crippen LogP contribution is 2.46. The summed E-state index contributed by atoms with van der Waals surface area (Å²) in [7, 11) is 0. The Bertz CT molecular complexity index is 1140. The number of amidine groups is 1. The number of aromatic nitrogens is 1. The predicted octanol–water partition coefficient (Wildman–Crippen LogP) is 2.69. The van der Waals surface area contributed by atoms with Crippen LogP contribution in [-0.2, 0) is 0 Å². The Hall–Kier alpha value is -3.26. The van der Waals surface area contributed by atoms with Crippen LogP contribution in [0.5, 0.6) is 0 Å². The molecule has 2 aliphatic heterocycles. The number of pyridine rings is 1. The molecule has 0 radical (unpaired) electrons. The van der Waals surface area contributed by atoms with Gasteiger partial charge in [0.25, 0.3) is 5.84 Å². The molecule has 1 unspecified atom stereocenters. The van der Waals surface area contributed by atoms with E-state index < -0.39 is 5.60 Å². The summed E-state index contributed by atoms with van der Waals surface area (Å²) in [6, 6.07) is 12.6. The normalized spacial score (nSPS) is 29.4. The van der Waals surface area contributed by atoms with Gasteiger partial charge in [0.05, 0.1) is 23.6 Å². The number of fused-ring (bicyclic) bond motifs is 1. The topological polar surface area (TPSA) is 101 Å². The van der Waals surface area contributed by atoms with Gasteiger partial charge >= 0.3 is 0 Å². The van der Waals surface area contributed by atoms with E-state index >= 15 is 0 Å². The first-order valence-corrected chi connectivity index (χ1v) is 9.88. The molecule has 5 rings (SSSR count). The predicted molar refractivity (Wildman–Crippen MR) is 113 cm³/mol. The first-order valence-electron chi connectivity index (χ1n) is 9.88. The standard InChI is InChI=1S/C23H22N5O2/c1-23(30)11-17(12-23)20-19-14-25-9-10-28(19,24)22(27-20)16-7-8-18(26-13-16)21(29)15-5-3-2-4-6-15/h2-10,13-14,17,30H,11-12,24H2,1H3/q+1. The highest BCUT2D eigenvalue weighted by Gasteiger charge is 2.50. The second kappa shape index (κ2) is 6.63. The number of quaternary nitrogens is 1. The molecular weight excluding hydrogens is 378 g/mol. The summed E-state index contributed by atoms with van der Waals surface area (Å²) in [5.41, 5.74) is 2.70. The average Bonchev–Trinajstić information content (AvgIpc) is 3.05. The minimum Gasteiger partial charge on any atom is -0.390 e. The molecule has 2 aromatic rings. The molecule has 7 nitrogen and oxygen atoms in total. The van der Waals surface area contributed by atoms with Gasteiger partial charge in [0.15, 0.2) is 0 Å². The van der Waals surface area contributed by atoms with Gasteiger partial charge in [0.1, 0.15) is 17.6 Å². The van der Waals surface area contributed by atoms with E-state index in [9.17, 15) is 9.90 Å². The van der Waals surface area contributed by atoms with Crippen molar-refractivity contribution in [1.82, 2.24) is 4.98 Å². The molecule has 30 heavy (non-hydrogen) atoms. The summed E-state index contributed by atoms with van der Waals surface area (Å²) in [4.78, 5) is 26.1. The van der Waals surface area contributed by atoms with E-state index in [0.29, 0.717) is 29.9 Å². The van der Waals surface area contributed by atoms with E-state index in [1.54, 1.807) is 43.0 Å². The Kier molecular flexibility index (Phi) is 4.14. The van der Waals surface area contributed by atoms with E-state index in [-0.39, 0.29) is 16.3 Å². The Morgan fingerprint density at radius 2 is 1.97 bits per heavy atom. The number of carbonyl (C=O) groups excluding carboxylic acids is 1. The minimum absolute atomic E-state index is 0.0921. The number of ketones is 1. The van der Waals surface area contributed by atoms with Gasteiger partial charge in [-0.3, -0.25) is 14.8 Å². The molecule has 1 aliphatic carbocycles. The SMILES string of the molecule is CC1(O)CC(C2=C3C=NC=C[N+]3(N)C(c3ccc(C(=O)c4ccccc4)nc3)=N2)C1. The quantitative estimate of drug-likeness (QED) is 0.468. The fourth-order valence-corrected chi connectivity index (χ4v) is 4.30. The number of rotatable bonds is 4. The van der Waals surface area contributed by atoms with Crippen molar-refractivity contribution >= 4 is 17.8 Å². The molecule has 3 heterocycles. The Morgan fingerprint density at radius 3 is 2.63 bits per heavy atom. The number of benzene rings is 1. The first-order chi connectivity index (χ1) is 14.4. The summed E-state index contributed by atoms with van der Waals surface area (Å²) in [5.74, 6) is 7.35. The highest BCUT2D eigenvalue weighted by molar-refractivity contribution is 6.08. The third-order valence-corrected chi connectivity index (χ3v) is 5.87. The van der Waals surface area contributed by atoms with Gasteiger partial charge in [-0.15, -0.1) is 4.59 Å². The molecule has 3 aliphatic rings. The Labute approximate surface area is 174 Å². The number of nitrogens with two attached hydrogens (primary N) is 1. The fourth-order valence-electron chi connectivity index (χ4n) is 4.30. The molecule has 0 amide bonds. The molecule has 1 atom stereocenters. The maximum atomic E-state index is 12.6. The van der Waals surface area contributed by atoms with Crippen molar-refractivity contribution in [3.8, 4) is 0 Å². The van der Waals surface area contributed by atoms with Crippen LogP contribution in [0, 0.1) is 5.92 Å². The number of carbonyl (C=O) groups is 1. The van der Waals surface area contributed by atoms with Crippen molar-refractivity contribution < 1.29 is 14.5 Å². The molecule has 1 saturated carbocycles. The summed E-state index contributed by atoms with van der Waals surface area (Å²) >= 11 is 0. The van der Waals surface area contributed by atoms with Crippen LogP contribution < -0.4 is 5.84 Å². The van der Waals surface area contributed by atoms with E-state index in [4.69, 9.17) is 10.8 Å². The summed E-state index contributed by atoms with van der Waals surface area (Å²) in [6.45, 7) is 1.83. The van der Waals surface area contributed by atoms with E-state index in [0.717, 1.165) is 17.0 Å². The zero-order chi connectivity index (χ0) is 20.9. The molecule has 7 heteroatoms. The van der Waals surface area contributed by atoms with E-state index in [1.807, 2.05) is 31.2 Å². The van der Waals surface area contributed by atoms with Crippen LogP contribution in [-0.4, -0.2) is 38.1 Å². The lowest BCUT2D eigenvalue weighted by molar-refractivity contribution is -0.750. The van der Waals surface area contributed by atoms with Crippen LogP contribution in [0.1, 0.15) is 41.4 Å². The van der Waals surface area contributed by atoms with Crippen molar-refractivity contribution in [2.45, 2.75) is 25.4 Å². The molecule has 3 N–H and O–H groups in total. The zero-order valence-corrected chi connectivity index (χ0v) is 16.6. The average molecular weight is 400 g/mol. The van der Waals surface area contributed by atoms with Crippen molar-refractivity contribution in [3.05, 3.63) is 89.3 Å². The lowest BCUT2D eigenvalue weighted by Crippen LogP contribution is -2.53. The highest BCUT2D eigenvalue weighted by atomic mass is 16.3. The third-order valence-electron chi connectivity index (χ3n) is 5.87. The molecule has 0 spiro atoms. The molecule has 150 valence electrons. The number of nitrogens with zero attached hydrogens (tertiary/aromatic N) is 4. The summed E-state index contributed by atoms with van der Waals surface area (Å²) in [5, 5.41) is 10.2. The lowest BCUT2D eigenvalue weighted by atomic mass is 9.70. The molecular formula is C23H22N5O2+. The number of allylic oxidation sites excluding steroid dienone is 2. The molecule has 0 saturated heterocycles. The number of aliphatic imine (C=N–C) groups is 2. The van der Waals surface area contributed by atoms with Gasteiger partial charge in [0.2, 0.25) is 11.5 Å². The number of hydrogen-bond donors (Lipinski definition) is 2. The van der Waals surface area contributed by atoms with Gasteiger partial charge < -0.3 is 5.11 Å². The van der Waals surface area contributed by atoms with E-state index in [2.05, 4.69) is 9.98 Å². The van der Waals surface area contributed by atoms with Crippen LogP contribution >= 0.6 is 0 Å². The van der Waals surface area contributed by atoms with Crippen molar-refractivity contribution in [1.29, 1.82) is 0 Å². The van der Waals surface area contributed by atoms with Crippen LogP contribution in [0.15, 0.2) is 82.4 Å². The van der Waals surface area contributed by atoms with Crippen molar-refractivity contribution in [2.24, 2.45) is 21.7 Å². The van der Waals surface area contributed by atoms with Crippen LogP contribution in [0.25, 0.3) is 0 Å². The smallest absolute Gasteiger partial charge is 0.266 e. The van der Waals surface area contributed by atoms with Crippen molar-refractivity contribution in [3.63, 3.8) is 0 Å². The molecule has 1 aromatic carbocycles. The second-order valence-electron chi connectivity index (χ2n) is 8.29. The Balaban J connectivity index is 1.47. The molecule has 1 aromatic heterocycles. The molecule has 0 bridgehead atoms. The van der Waals surface area contributed by atoms with Crippen LogP contribution in [0.4, 0.5) is 0 Å². The lowest BCUT2D eigenvalue weighted by Gasteiger charge is -2.40. The first kappa shape index (κ1) is 18.7.